The Morgan fingerprint density at radius 1 is 1.43 bits per heavy atom. The lowest BCUT2D eigenvalue weighted by atomic mass is 9.45. The molecule has 0 aromatic carbocycles. The van der Waals surface area contributed by atoms with Gasteiger partial charge in [0.05, 0.1) is 12.2 Å². The zero-order chi connectivity index (χ0) is 10.5. The van der Waals surface area contributed by atoms with Gasteiger partial charge in [-0.15, -0.1) is 6.58 Å². The molecule has 80 valence electrons. The van der Waals surface area contributed by atoms with Crippen molar-refractivity contribution in [3.63, 3.8) is 0 Å². The smallest absolute Gasteiger partial charge is 0.0771 e. The Morgan fingerprint density at radius 2 is 2.07 bits per heavy atom. The molecular formula is C12H20O2. The van der Waals surface area contributed by atoms with Crippen LogP contribution in [0, 0.1) is 23.2 Å². The molecule has 3 fully saturated rings. The van der Waals surface area contributed by atoms with Crippen LogP contribution >= 0.6 is 0 Å². The first-order valence-corrected chi connectivity index (χ1v) is 5.47. The summed E-state index contributed by atoms with van der Waals surface area (Å²) in [5.41, 5.74) is 0.275. The number of aliphatic hydroxyl groups is 2. The first-order valence-electron chi connectivity index (χ1n) is 5.47. The van der Waals surface area contributed by atoms with E-state index in [0.29, 0.717) is 11.8 Å². The van der Waals surface area contributed by atoms with Gasteiger partial charge in [0.15, 0.2) is 0 Å². The summed E-state index contributed by atoms with van der Waals surface area (Å²) in [6.45, 7) is 8.04. The van der Waals surface area contributed by atoms with Gasteiger partial charge in [0.2, 0.25) is 0 Å². The van der Waals surface area contributed by atoms with Gasteiger partial charge in [0.1, 0.15) is 0 Å². The number of rotatable bonds is 2. The molecule has 0 aromatic heterocycles. The van der Waals surface area contributed by atoms with Crippen molar-refractivity contribution in [3.05, 3.63) is 12.7 Å². The number of hydrogen-bond acceptors (Lipinski definition) is 2. The van der Waals surface area contributed by atoms with Crippen LogP contribution in [0.15, 0.2) is 12.7 Å². The zero-order valence-electron chi connectivity index (χ0n) is 8.98. The second kappa shape index (κ2) is 3.07. The lowest BCUT2D eigenvalue weighted by Crippen LogP contribution is -2.60. The molecule has 0 saturated heterocycles. The average Bonchev–Trinajstić information content (AvgIpc) is 2.16. The van der Waals surface area contributed by atoms with Crippen molar-refractivity contribution < 1.29 is 10.2 Å². The Labute approximate surface area is 85.6 Å². The fourth-order valence-electron chi connectivity index (χ4n) is 3.32. The van der Waals surface area contributed by atoms with Gasteiger partial charge in [-0.2, -0.15) is 0 Å². The Hall–Kier alpha value is -0.340. The quantitative estimate of drug-likeness (QED) is 0.658. The van der Waals surface area contributed by atoms with Crippen molar-refractivity contribution in [2.75, 3.05) is 0 Å². The van der Waals surface area contributed by atoms with Gasteiger partial charge in [0.25, 0.3) is 0 Å². The molecule has 0 amide bonds. The Morgan fingerprint density at radius 3 is 2.50 bits per heavy atom. The van der Waals surface area contributed by atoms with Crippen LogP contribution in [0.1, 0.15) is 26.7 Å². The van der Waals surface area contributed by atoms with Gasteiger partial charge in [-0.05, 0) is 30.1 Å². The van der Waals surface area contributed by atoms with Crippen LogP contribution in [0.25, 0.3) is 0 Å². The molecule has 3 saturated carbocycles. The maximum atomic E-state index is 10.1. The molecule has 2 bridgehead atoms. The zero-order valence-corrected chi connectivity index (χ0v) is 8.98. The summed E-state index contributed by atoms with van der Waals surface area (Å²) in [5.74, 6) is 1.07. The number of hydrogen-bond donors (Lipinski definition) is 2. The first kappa shape index (κ1) is 10.2. The second-order valence-corrected chi connectivity index (χ2v) is 5.48. The molecule has 0 aliphatic heterocycles. The first-order chi connectivity index (χ1) is 6.48. The molecule has 2 nitrogen and oxygen atoms in total. The molecular weight excluding hydrogens is 176 g/mol. The third kappa shape index (κ3) is 1.17. The van der Waals surface area contributed by atoms with E-state index in [1.165, 1.54) is 0 Å². The molecule has 0 aromatic rings. The van der Waals surface area contributed by atoms with Crippen molar-refractivity contribution in [2.45, 2.75) is 38.9 Å². The minimum Gasteiger partial charge on any atom is -0.392 e. The minimum absolute atomic E-state index is 0.0178. The molecule has 14 heavy (non-hydrogen) atoms. The van der Waals surface area contributed by atoms with E-state index < -0.39 is 6.10 Å². The van der Waals surface area contributed by atoms with Gasteiger partial charge in [-0.1, -0.05) is 19.9 Å². The van der Waals surface area contributed by atoms with Gasteiger partial charge in [-0.25, -0.2) is 0 Å². The van der Waals surface area contributed by atoms with E-state index in [2.05, 4.69) is 20.4 Å². The molecule has 2 N–H and O–H groups in total. The molecule has 0 unspecified atom stereocenters. The van der Waals surface area contributed by atoms with Gasteiger partial charge in [0, 0.05) is 5.92 Å². The highest BCUT2D eigenvalue weighted by Crippen LogP contribution is 2.61. The van der Waals surface area contributed by atoms with Crippen LogP contribution in [-0.4, -0.2) is 22.4 Å². The number of aliphatic hydroxyl groups excluding tert-OH is 2. The summed E-state index contributed by atoms with van der Waals surface area (Å²) >= 11 is 0. The average molecular weight is 196 g/mol. The summed E-state index contributed by atoms with van der Waals surface area (Å²) in [5, 5.41) is 19.8. The highest BCUT2D eigenvalue weighted by molar-refractivity contribution is 5.09. The molecule has 0 heterocycles. The van der Waals surface area contributed by atoms with Crippen molar-refractivity contribution in [3.8, 4) is 0 Å². The largest absolute Gasteiger partial charge is 0.392 e. The van der Waals surface area contributed by atoms with E-state index in [1.807, 2.05) is 0 Å². The van der Waals surface area contributed by atoms with E-state index in [9.17, 15) is 10.2 Å². The molecule has 3 aliphatic rings. The summed E-state index contributed by atoms with van der Waals surface area (Å²) in [4.78, 5) is 0. The highest BCUT2D eigenvalue weighted by atomic mass is 16.3. The maximum absolute atomic E-state index is 10.1. The van der Waals surface area contributed by atoms with Crippen LogP contribution in [0.3, 0.4) is 0 Å². The van der Waals surface area contributed by atoms with Crippen molar-refractivity contribution in [1.82, 2.24) is 0 Å². The predicted molar refractivity (Wildman–Crippen MR) is 55.7 cm³/mol. The fourth-order valence-corrected chi connectivity index (χ4v) is 3.32. The monoisotopic (exact) mass is 196 g/mol. The van der Waals surface area contributed by atoms with Crippen molar-refractivity contribution in [2.24, 2.45) is 23.2 Å². The van der Waals surface area contributed by atoms with Crippen LogP contribution in [0.2, 0.25) is 0 Å². The highest BCUT2D eigenvalue weighted by Gasteiger charge is 2.58. The Bertz CT molecular complexity index is 247. The molecule has 3 aliphatic carbocycles. The van der Waals surface area contributed by atoms with Gasteiger partial charge >= 0.3 is 0 Å². The standard InChI is InChI=1S/C12H20O2/c1-4-10(13)8-5-7-6-9(11(8)14)12(7,2)3/h4,7-11,13-14H,1,5-6H2,2-3H3/t7-,8+,9-,10+,11+/m1/s1. The number of fused-ring (bicyclic) bond motifs is 2. The summed E-state index contributed by atoms with van der Waals surface area (Å²) in [6.07, 6.45) is 2.74. The van der Waals surface area contributed by atoms with E-state index in [-0.39, 0.29) is 17.4 Å². The van der Waals surface area contributed by atoms with E-state index >= 15 is 0 Å². The van der Waals surface area contributed by atoms with Crippen LogP contribution in [0.4, 0.5) is 0 Å². The molecule has 2 heteroatoms. The summed E-state index contributed by atoms with van der Waals surface area (Å²) < 4.78 is 0. The van der Waals surface area contributed by atoms with Crippen molar-refractivity contribution >= 4 is 0 Å². The normalized spacial score (nSPS) is 46.6. The maximum Gasteiger partial charge on any atom is 0.0771 e. The Kier molecular flexibility index (Phi) is 2.24. The van der Waals surface area contributed by atoms with Crippen LogP contribution < -0.4 is 0 Å². The van der Waals surface area contributed by atoms with Crippen LogP contribution in [-0.2, 0) is 0 Å². The summed E-state index contributed by atoms with van der Waals surface area (Å²) in [7, 11) is 0. The third-order valence-electron chi connectivity index (χ3n) is 4.63. The lowest BCUT2D eigenvalue weighted by molar-refractivity contribution is -0.184. The fraction of sp³-hybridized carbons (Fsp3) is 0.833. The van der Waals surface area contributed by atoms with Crippen molar-refractivity contribution in [1.29, 1.82) is 0 Å². The van der Waals surface area contributed by atoms with E-state index in [1.54, 1.807) is 6.08 Å². The molecule has 5 atom stereocenters. The van der Waals surface area contributed by atoms with Gasteiger partial charge < -0.3 is 10.2 Å². The van der Waals surface area contributed by atoms with E-state index in [4.69, 9.17) is 0 Å². The summed E-state index contributed by atoms with van der Waals surface area (Å²) in [6, 6.07) is 0. The molecule has 3 rings (SSSR count). The lowest BCUT2D eigenvalue weighted by Gasteiger charge is -2.61. The van der Waals surface area contributed by atoms with Gasteiger partial charge in [-0.3, -0.25) is 0 Å². The predicted octanol–water partition coefficient (Wildman–Crippen LogP) is 1.58. The SMILES string of the molecule is C=C[C@H](O)[C@@H]1C[C@@H]2C[C@H]([C@H]1O)C2(C)C. The topological polar surface area (TPSA) is 40.5 Å². The molecule has 0 spiro atoms. The second-order valence-electron chi connectivity index (χ2n) is 5.48. The minimum atomic E-state index is -0.536. The third-order valence-corrected chi connectivity index (χ3v) is 4.63. The molecule has 0 radical (unpaired) electrons. The Balaban J connectivity index is 2.12. The van der Waals surface area contributed by atoms with Crippen LogP contribution in [0.5, 0.6) is 0 Å². The van der Waals surface area contributed by atoms with E-state index in [0.717, 1.165) is 12.8 Å².